The van der Waals surface area contributed by atoms with E-state index in [2.05, 4.69) is 5.32 Å². The van der Waals surface area contributed by atoms with Crippen LogP contribution in [0.3, 0.4) is 0 Å². The maximum atomic E-state index is 12.2. The molecule has 0 aromatic carbocycles. The van der Waals surface area contributed by atoms with Gasteiger partial charge in [0, 0.05) is 19.5 Å². The molecular formula is C13H24N2O3. The maximum Gasteiger partial charge on any atom is 0.303 e. The van der Waals surface area contributed by atoms with Crippen LogP contribution in [0.2, 0.25) is 0 Å². The molecule has 0 saturated heterocycles. The molecule has 1 fully saturated rings. The molecule has 0 atom stereocenters. The summed E-state index contributed by atoms with van der Waals surface area (Å²) in [7, 11) is 0. The first-order chi connectivity index (χ1) is 8.60. The number of rotatable bonds is 6. The van der Waals surface area contributed by atoms with Crippen LogP contribution < -0.4 is 11.1 Å². The summed E-state index contributed by atoms with van der Waals surface area (Å²) in [6.45, 7) is 0.810. The third-order valence-corrected chi connectivity index (χ3v) is 3.79. The third-order valence-electron chi connectivity index (χ3n) is 3.79. The Bertz CT molecular complexity index is 284. The number of amides is 1. The molecule has 1 saturated carbocycles. The fraction of sp³-hybridized carbons (Fsp3) is 0.846. The minimum Gasteiger partial charge on any atom is -0.481 e. The van der Waals surface area contributed by atoms with Gasteiger partial charge in [0.05, 0.1) is 5.41 Å². The largest absolute Gasteiger partial charge is 0.481 e. The first-order valence-electron chi connectivity index (χ1n) is 6.81. The molecule has 1 aliphatic rings. The minimum absolute atomic E-state index is 0.0114. The lowest BCUT2D eigenvalue weighted by Crippen LogP contribution is -2.46. The van der Waals surface area contributed by atoms with Gasteiger partial charge in [0.15, 0.2) is 0 Å². The van der Waals surface area contributed by atoms with Crippen LogP contribution in [0, 0.1) is 5.41 Å². The van der Waals surface area contributed by atoms with E-state index in [1.54, 1.807) is 0 Å². The lowest BCUT2D eigenvalue weighted by atomic mass is 9.79. The number of carbonyl (C=O) groups is 2. The number of carboxylic acids is 1. The van der Waals surface area contributed by atoms with E-state index >= 15 is 0 Å². The zero-order chi connectivity index (χ0) is 13.4. The van der Waals surface area contributed by atoms with E-state index in [-0.39, 0.29) is 12.3 Å². The van der Waals surface area contributed by atoms with Crippen molar-refractivity contribution in [2.75, 3.05) is 13.1 Å². The highest BCUT2D eigenvalue weighted by molar-refractivity contribution is 5.83. The molecule has 1 aliphatic carbocycles. The zero-order valence-corrected chi connectivity index (χ0v) is 10.9. The fourth-order valence-corrected chi connectivity index (χ4v) is 2.56. The molecule has 0 aromatic heterocycles. The predicted octanol–water partition coefficient (Wildman–Crippen LogP) is 1.27. The van der Waals surface area contributed by atoms with Gasteiger partial charge < -0.3 is 16.2 Å². The number of hydrogen-bond acceptors (Lipinski definition) is 3. The maximum absolute atomic E-state index is 12.2. The first kappa shape index (κ1) is 15.0. The first-order valence-corrected chi connectivity index (χ1v) is 6.81. The van der Waals surface area contributed by atoms with E-state index in [1.165, 1.54) is 12.8 Å². The summed E-state index contributed by atoms with van der Waals surface area (Å²) in [5, 5.41) is 11.4. The van der Waals surface area contributed by atoms with Crippen molar-refractivity contribution in [1.29, 1.82) is 0 Å². The Morgan fingerprint density at radius 1 is 1.17 bits per heavy atom. The highest BCUT2D eigenvalue weighted by Crippen LogP contribution is 2.34. The molecule has 1 rings (SSSR count). The van der Waals surface area contributed by atoms with E-state index in [9.17, 15) is 9.59 Å². The zero-order valence-electron chi connectivity index (χ0n) is 10.9. The van der Waals surface area contributed by atoms with Crippen molar-refractivity contribution in [3.8, 4) is 0 Å². The summed E-state index contributed by atoms with van der Waals surface area (Å²) in [5.41, 5.74) is 5.39. The van der Waals surface area contributed by atoms with E-state index in [0.29, 0.717) is 19.5 Å². The smallest absolute Gasteiger partial charge is 0.303 e. The van der Waals surface area contributed by atoms with Gasteiger partial charge in [0.25, 0.3) is 0 Å². The van der Waals surface area contributed by atoms with E-state index < -0.39 is 11.4 Å². The van der Waals surface area contributed by atoms with Crippen molar-refractivity contribution in [2.24, 2.45) is 11.1 Å². The van der Waals surface area contributed by atoms with Crippen LogP contribution in [0.4, 0.5) is 0 Å². The molecule has 0 aromatic rings. The average molecular weight is 256 g/mol. The number of carbonyl (C=O) groups excluding carboxylic acids is 1. The lowest BCUT2D eigenvalue weighted by molar-refractivity contribution is -0.137. The van der Waals surface area contributed by atoms with Gasteiger partial charge in [-0.05, 0) is 19.3 Å². The molecule has 4 N–H and O–H groups in total. The third kappa shape index (κ3) is 4.29. The van der Waals surface area contributed by atoms with E-state index in [1.807, 2.05) is 0 Å². The molecule has 0 unspecified atom stereocenters. The van der Waals surface area contributed by atoms with Crippen LogP contribution in [0.5, 0.6) is 0 Å². The van der Waals surface area contributed by atoms with Crippen molar-refractivity contribution in [1.82, 2.24) is 5.32 Å². The van der Waals surface area contributed by atoms with Crippen LogP contribution in [0.15, 0.2) is 0 Å². The molecular weight excluding hydrogens is 232 g/mol. The molecule has 5 heteroatoms. The Balaban J connectivity index is 2.42. The SMILES string of the molecule is NCC1(C(=O)NCCCC(=O)O)CCCCCC1. The van der Waals surface area contributed by atoms with Crippen LogP contribution in [0.25, 0.3) is 0 Å². The molecule has 0 radical (unpaired) electrons. The van der Waals surface area contributed by atoms with Gasteiger partial charge in [0.2, 0.25) is 5.91 Å². The Kier molecular flexibility index (Phi) is 6.12. The normalized spacial score (nSPS) is 18.9. The number of carboxylic acid groups (broad SMARTS) is 1. The molecule has 0 heterocycles. The van der Waals surface area contributed by atoms with E-state index in [0.717, 1.165) is 25.7 Å². The van der Waals surface area contributed by atoms with Crippen molar-refractivity contribution < 1.29 is 14.7 Å². The topological polar surface area (TPSA) is 92.4 Å². The van der Waals surface area contributed by atoms with Gasteiger partial charge in [-0.3, -0.25) is 9.59 Å². The Morgan fingerprint density at radius 3 is 2.28 bits per heavy atom. The van der Waals surface area contributed by atoms with E-state index in [4.69, 9.17) is 10.8 Å². The Morgan fingerprint density at radius 2 is 1.78 bits per heavy atom. The molecule has 0 bridgehead atoms. The summed E-state index contributed by atoms with van der Waals surface area (Å²) >= 11 is 0. The highest BCUT2D eigenvalue weighted by atomic mass is 16.4. The van der Waals surface area contributed by atoms with Gasteiger partial charge in [-0.2, -0.15) is 0 Å². The number of nitrogens with two attached hydrogens (primary N) is 1. The van der Waals surface area contributed by atoms with Gasteiger partial charge in [0.1, 0.15) is 0 Å². The highest BCUT2D eigenvalue weighted by Gasteiger charge is 2.36. The van der Waals surface area contributed by atoms with Crippen LogP contribution in [-0.2, 0) is 9.59 Å². The van der Waals surface area contributed by atoms with Gasteiger partial charge in [-0.25, -0.2) is 0 Å². The predicted molar refractivity (Wildman–Crippen MR) is 69.1 cm³/mol. The van der Waals surface area contributed by atoms with Crippen molar-refractivity contribution in [3.05, 3.63) is 0 Å². The number of hydrogen-bond donors (Lipinski definition) is 3. The molecule has 5 nitrogen and oxygen atoms in total. The summed E-state index contributed by atoms with van der Waals surface area (Å²) in [6, 6.07) is 0. The standard InChI is InChI=1S/C13H24N2O3/c14-10-13(7-3-1-2-4-8-13)12(18)15-9-5-6-11(16)17/h1-10,14H2,(H,15,18)(H,16,17). The van der Waals surface area contributed by atoms with Crippen molar-refractivity contribution in [2.45, 2.75) is 51.4 Å². The van der Waals surface area contributed by atoms with Crippen LogP contribution in [0.1, 0.15) is 51.4 Å². The Hall–Kier alpha value is -1.10. The lowest BCUT2D eigenvalue weighted by Gasteiger charge is -2.29. The molecule has 104 valence electrons. The summed E-state index contributed by atoms with van der Waals surface area (Å²) in [5.74, 6) is -0.815. The van der Waals surface area contributed by atoms with Crippen molar-refractivity contribution in [3.63, 3.8) is 0 Å². The summed E-state index contributed by atoms with van der Waals surface area (Å²) in [6.07, 6.45) is 6.74. The van der Waals surface area contributed by atoms with Gasteiger partial charge in [-0.15, -0.1) is 0 Å². The quantitative estimate of drug-likeness (QED) is 0.493. The molecule has 0 aliphatic heterocycles. The van der Waals surface area contributed by atoms with Crippen molar-refractivity contribution >= 4 is 11.9 Å². The minimum atomic E-state index is -0.827. The molecule has 1 amide bonds. The number of aliphatic carboxylic acids is 1. The fourth-order valence-electron chi connectivity index (χ4n) is 2.56. The second kappa shape index (κ2) is 7.36. The van der Waals surface area contributed by atoms with Crippen LogP contribution in [-0.4, -0.2) is 30.1 Å². The van der Waals surface area contributed by atoms with Crippen LogP contribution >= 0.6 is 0 Å². The molecule has 0 spiro atoms. The van der Waals surface area contributed by atoms with Gasteiger partial charge in [-0.1, -0.05) is 25.7 Å². The second-order valence-electron chi connectivity index (χ2n) is 5.15. The number of nitrogens with one attached hydrogen (secondary N) is 1. The summed E-state index contributed by atoms with van der Waals surface area (Å²) in [4.78, 5) is 22.6. The monoisotopic (exact) mass is 256 g/mol. The van der Waals surface area contributed by atoms with Gasteiger partial charge >= 0.3 is 5.97 Å². The Labute approximate surface area is 108 Å². The molecule has 18 heavy (non-hydrogen) atoms. The average Bonchev–Trinajstić information content (AvgIpc) is 2.60. The second-order valence-corrected chi connectivity index (χ2v) is 5.15. The summed E-state index contributed by atoms with van der Waals surface area (Å²) < 4.78 is 0.